The number of ether oxygens (including phenoxy) is 1. The molecule has 0 aliphatic heterocycles. The summed E-state index contributed by atoms with van der Waals surface area (Å²) in [5.41, 5.74) is 3.88. The van der Waals surface area contributed by atoms with Crippen LogP contribution in [0.4, 0.5) is 0 Å². The van der Waals surface area contributed by atoms with Crippen LogP contribution in [0.1, 0.15) is 31.4 Å². The first-order chi connectivity index (χ1) is 11.8. The van der Waals surface area contributed by atoms with E-state index in [9.17, 15) is 0 Å². The molecule has 0 aliphatic carbocycles. The Morgan fingerprint density at radius 2 is 2.08 bits per heavy atom. The second kappa shape index (κ2) is 12.1. The van der Waals surface area contributed by atoms with Gasteiger partial charge in [-0.05, 0) is 50.8 Å². The van der Waals surface area contributed by atoms with Gasteiger partial charge in [-0.25, -0.2) is 0 Å². The van der Waals surface area contributed by atoms with Crippen LogP contribution >= 0.6 is 24.0 Å². The van der Waals surface area contributed by atoms with Gasteiger partial charge in [0.2, 0.25) is 0 Å². The molecular formula is C19H31IN4O. The van der Waals surface area contributed by atoms with E-state index in [-0.39, 0.29) is 24.0 Å². The van der Waals surface area contributed by atoms with Gasteiger partial charge < -0.3 is 20.4 Å². The van der Waals surface area contributed by atoms with Gasteiger partial charge in [0, 0.05) is 49.9 Å². The molecule has 140 valence electrons. The van der Waals surface area contributed by atoms with E-state index in [4.69, 9.17) is 4.74 Å². The number of halogens is 1. The van der Waals surface area contributed by atoms with Crippen molar-refractivity contribution >= 4 is 40.8 Å². The first-order valence-electron chi connectivity index (χ1n) is 8.91. The number of aromatic amines is 1. The van der Waals surface area contributed by atoms with Gasteiger partial charge >= 0.3 is 0 Å². The molecule has 1 aromatic heterocycles. The molecule has 6 heteroatoms. The van der Waals surface area contributed by atoms with E-state index in [0.29, 0.717) is 0 Å². The minimum Gasteiger partial charge on any atom is -0.382 e. The maximum Gasteiger partial charge on any atom is 0.191 e. The Morgan fingerprint density at radius 3 is 2.84 bits per heavy atom. The molecule has 0 unspecified atom stereocenters. The molecular weight excluding hydrogens is 427 g/mol. The molecule has 2 aromatic rings. The molecule has 25 heavy (non-hydrogen) atoms. The SMILES string of the molecule is CCNC(=NCCCOCC)NCCc1c[nH]c2cccc(C)c12.I. The van der Waals surface area contributed by atoms with Gasteiger partial charge in [-0.2, -0.15) is 0 Å². The van der Waals surface area contributed by atoms with Gasteiger partial charge in [0.25, 0.3) is 0 Å². The fraction of sp³-hybridized carbons (Fsp3) is 0.526. The van der Waals surface area contributed by atoms with Crippen LogP contribution in [0.5, 0.6) is 0 Å². The van der Waals surface area contributed by atoms with E-state index < -0.39 is 0 Å². The van der Waals surface area contributed by atoms with Crippen LogP contribution in [0.3, 0.4) is 0 Å². The van der Waals surface area contributed by atoms with Crippen molar-refractivity contribution in [3.63, 3.8) is 0 Å². The normalized spacial score (nSPS) is 11.4. The topological polar surface area (TPSA) is 61.4 Å². The molecule has 0 saturated carbocycles. The summed E-state index contributed by atoms with van der Waals surface area (Å²) in [5.74, 6) is 0.880. The van der Waals surface area contributed by atoms with Crippen molar-refractivity contribution in [2.45, 2.75) is 33.6 Å². The Morgan fingerprint density at radius 1 is 1.24 bits per heavy atom. The van der Waals surface area contributed by atoms with Crippen molar-refractivity contribution in [1.82, 2.24) is 15.6 Å². The molecule has 0 bridgehead atoms. The largest absolute Gasteiger partial charge is 0.382 e. The van der Waals surface area contributed by atoms with Gasteiger partial charge in [0.05, 0.1) is 0 Å². The Balaban J connectivity index is 0.00000312. The van der Waals surface area contributed by atoms with Crippen molar-refractivity contribution in [2.75, 3.05) is 32.8 Å². The molecule has 0 fully saturated rings. The monoisotopic (exact) mass is 458 g/mol. The lowest BCUT2D eigenvalue weighted by atomic mass is 10.1. The number of aryl methyl sites for hydroxylation is 1. The third kappa shape index (κ3) is 6.86. The highest BCUT2D eigenvalue weighted by Gasteiger charge is 2.06. The van der Waals surface area contributed by atoms with Crippen LogP contribution in [-0.2, 0) is 11.2 Å². The maximum absolute atomic E-state index is 5.34. The molecule has 0 atom stereocenters. The minimum absolute atomic E-state index is 0. The molecule has 1 aromatic carbocycles. The number of benzene rings is 1. The number of rotatable bonds is 9. The summed E-state index contributed by atoms with van der Waals surface area (Å²) in [6.07, 6.45) is 4.03. The first-order valence-corrected chi connectivity index (χ1v) is 8.91. The number of fused-ring (bicyclic) bond motifs is 1. The summed E-state index contributed by atoms with van der Waals surface area (Å²) in [4.78, 5) is 7.95. The van der Waals surface area contributed by atoms with Crippen molar-refractivity contribution in [1.29, 1.82) is 0 Å². The minimum atomic E-state index is 0. The zero-order chi connectivity index (χ0) is 17.2. The van der Waals surface area contributed by atoms with Gasteiger partial charge in [-0.15, -0.1) is 24.0 Å². The third-order valence-electron chi connectivity index (χ3n) is 3.95. The van der Waals surface area contributed by atoms with Crippen molar-refractivity contribution in [3.05, 3.63) is 35.5 Å². The first kappa shape index (κ1) is 21.8. The number of aromatic nitrogens is 1. The summed E-state index contributed by atoms with van der Waals surface area (Å²) in [6.45, 7) is 10.3. The number of aliphatic imine (C=N–C) groups is 1. The number of guanidine groups is 1. The van der Waals surface area contributed by atoms with Crippen LogP contribution in [0.25, 0.3) is 10.9 Å². The molecule has 0 amide bonds. The molecule has 0 spiro atoms. The van der Waals surface area contributed by atoms with E-state index in [0.717, 1.165) is 51.6 Å². The van der Waals surface area contributed by atoms with Gasteiger partial charge in [0.1, 0.15) is 0 Å². The Bertz CT molecular complexity index is 654. The molecule has 0 saturated heterocycles. The maximum atomic E-state index is 5.34. The van der Waals surface area contributed by atoms with E-state index in [1.54, 1.807) is 0 Å². The standard InChI is InChI=1S/C19H30N4O.HI/c1-4-20-19(21-11-7-13-24-5-2)22-12-10-16-14-23-17-9-6-8-15(3)18(16)17;/h6,8-9,14,23H,4-5,7,10-13H2,1-3H3,(H2,20,21,22);1H. The lowest BCUT2D eigenvalue weighted by molar-refractivity contribution is 0.146. The molecule has 1 heterocycles. The molecule has 0 aliphatic rings. The van der Waals surface area contributed by atoms with Crippen LogP contribution < -0.4 is 10.6 Å². The van der Waals surface area contributed by atoms with E-state index in [1.807, 2.05) is 6.92 Å². The Hall–Kier alpha value is -1.28. The van der Waals surface area contributed by atoms with Crippen LogP contribution in [0.2, 0.25) is 0 Å². The van der Waals surface area contributed by atoms with Crippen molar-refractivity contribution in [2.24, 2.45) is 4.99 Å². The number of nitrogens with one attached hydrogen (secondary N) is 3. The highest BCUT2D eigenvalue weighted by molar-refractivity contribution is 14.0. The van der Waals surface area contributed by atoms with Gasteiger partial charge in [0.15, 0.2) is 5.96 Å². The second-order valence-electron chi connectivity index (χ2n) is 5.80. The third-order valence-corrected chi connectivity index (χ3v) is 3.95. The van der Waals surface area contributed by atoms with Gasteiger partial charge in [-0.3, -0.25) is 4.99 Å². The quantitative estimate of drug-likeness (QED) is 0.233. The zero-order valence-corrected chi connectivity index (χ0v) is 17.9. The molecule has 0 radical (unpaired) electrons. The predicted molar refractivity (Wildman–Crippen MR) is 117 cm³/mol. The van der Waals surface area contributed by atoms with Crippen molar-refractivity contribution in [3.8, 4) is 0 Å². The summed E-state index contributed by atoms with van der Waals surface area (Å²) in [5, 5.41) is 8.06. The molecule has 2 rings (SSSR count). The zero-order valence-electron chi connectivity index (χ0n) is 15.5. The highest BCUT2D eigenvalue weighted by atomic mass is 127. The Labute approximate surface area is 168 Å². The highest BCUT2D eigenvalue weighted by Crippen LogP contribution is 2.22. The smallest absolute Gasteiger partial charge is 0.191 e. The average Bonchev–Trinajstić information content (AvgIpc) is 2.99. The summed E-state index contributed by atoms with van der Waals surface area (Å²) < 4.78 is 5.34. The number of H-pyrrole nitrogens is 1. The second-order valence-corrected chi connectivity index (χ2v) is 5.80. The van der Waals surface area contributed by atoms with Crippen LogP contribution in [0.15, 0.2) is 29.4 Å². The molecule has 3 N–H and O–H groups in total. The lowest BCUT2D eigenvalue weighted by Crippen LogP contribution is -2.38. The predicted octanol–water partition coefficient (Wildman–Crippen LogP) is 3.62. The van der Waals surface area contributed by atoms with Crippen LogP contribution in [-0.4, -0.2) is 43.8 Å². The number of hydrogen-bond acceptors (Lipinski definition) is 2. The van der Waals surface area contributed by atoms with Gasteiger partial charge in [-0.1, -0.05) is 12.1 Å². The lowest BCUT2D eigenvalue weighted by Gasteiger charge is -2.11. The van der Waals surface area contributed by atoms with Crippen LogP contribution in [0, 0.1) is 6.92 Å². The number of hydrogen-bond donors (Lipinski definition) is 3. The molecule has 5 nitrogen and oxygen atoms in total. The number of nitrogens with zero attached hydrogens (tertiary/aromatic N) is 1. The van der Waals surface area contributed by atoms with Crippen molar-refractivity contribution < 1.29 is 4.74 Å². The van der Waals surface area contributed by atoms with E-state index in [1.165, 1.54) is 22.0 Å². The fourth-order valence-electron chi connectivity index (χ4n) is 2.81. The summed E-state index contributed by atoms with van der Waals surface area (Å²) >= 11 is 0. The Kier molecular flexibility index (Phi) is 10.6. The fourth-order valence-corrected chi connectivity index (χ4v) is 2.81. The average molecular weight is 458 g/mol. The summed E-state index contributed by atoms with van der Waals surface area (Å²) in [7, 11) is 0. The van der Waals surface area contributed by atoms with E-state index in [2.05, 4.69) is 58.9 Å². The summed E-state index contributed by atoms with van der Waals surface area (Å²) in [6, 6.07) is 6.38. The van der Waals surface area contributed by atoms with E-state index >= 15 is 0 Å².